The predicted octanol–water partition coefficient (Wildman–Crippen LogP) is 1.83. The summed E-state index contributed by atoms with van der Waals surface area (Å²) >= 11 is 0. The van der Waals surface area contributed by atoms with Crippen LogP contribution in [0.1, 0.15) is 24.8 Å². The van der Waals surface area contributed by atoms with Crippen LogP contribution >= 0.6 is 0 Å². The molecule has 0 aliphatic carbocycles. The maximum atomic E-state index is 11.7. The Morgan fingerprint density at radius 3 is 2.52 bits per heavy atom. The van der Waals surface area contributed by atoms with Crippen molar-refractivity contribution in [2.45, 2.75) is 26.7 Å². The number of nitrogens with one attached hydrogen (secondary N) is 2. The van der Waals surface area contributed by atoms with Crippen molar-refractivity contribution in [1.82, 2.24) is 15.6 Å². The zero-order valence-electron chi connectivity index (χ0n) is 13.4. The van der Waals surface area contributed by atoms with E-state index in [1.54, 1.807) is 6.20 Å². The molecule has 1 heterocycles. The number of oxazole rings is 1. The van der Waals surface area contributed by atoms with Gasteiger partial charge in [-0.15, -0.1) is 0 Å². The van der Waals surface area contributed by atoms with Crippen LogP contribution in [0.15, 0.2) is 34.9 Å². The van der Waals surface area contributed by atoms with Gasteiger partial charge in [-0.3, -0.25) is 9.59 Å². The van der Waals surface area contributed by atoms with E-state index in [0.717, 1.165) is 5.56 Å². The average molecular weight is 315 g/mol. The van der Waals surface area contributed by atoms with E-state index in [4.69, 9.17) is 4.42 Å². The second-order valence-electron chi connectivity index (χ2n) is 5.32. The van der Waals surface area contributed by atoms with Crippen LogP contribution < -0.4 is 10.6 Å². The second kappa shape index (κ2) is 8.12. The molecule has 0 atom stereocenters. The number of nitrogens with zero attached hydrogens (tertiary/aromatic N) is 1. The molecule has 2 aromatic rings. The van der Waals surface area contributed by atoms with Gasteiger partial charge in [-0.25, -0.2) is 4.98 Å². The van der Waals surface area contributed by atoms with Gasteiger partial charge in [-0.1, -0.05) is 29.8 Å². The van der Waals surface area contributed by atoms with Crippen molar-refractivity contribution in [3.05, 3.63) is 41.9 Å². The Balaban J connectivity index is 1.77. The summed E-state index contributed by atoms with van der Waals surface area (Å²) < 4.78 is 5.67. The fourth-order valence-electron chi connectivity index (χ4n) is 2.03. The Kier molecular flexibility index (Phi) is 5.91. The zero-order chi connectivity index (χ0) is 16.7. The Labute approximate surface area is 135 Å². The van der Waals surface area contributed by atoms with Gasteiger partial charge in [0.1, 0.15) is 0 Å². The highest BCUT2D eigenvalue weighted by Crippen LogP contribution is 2.21. The highest BCUT2D eigenvalue weighted by molar-refractivity contribution is 5.76. The lowest BCUT2D eigenvalue weighted by Crippen LogP contribution is -2.33. The summed E-state index contributed by atoms with van der Waals surface area (Å²) in [5.74, 6) is 1.04. The number of rotatable bonds is 7. The quantitative estimate of drug-likeness (QED) is 0.764. The van der Waals surface area contributed by atoms with Crippen molar-refractivity contribution >= 4 is 11.8 Å². The normalized spacial score (nSPS) is 10.3. The smallest absolute Gasteiger partial charge is 0.220 e. The first kappa shape index (κ1) is 16.7. The van der Waals surface area contributed by atoms with Gasteiger partial charge < -0.3 is 15.1 Å². The van der Waals surface area contributed by atoms with E-state index >= 15 is 0 Å². The summed E-state index contributed by atoms with van der Waals surface area (Å²) in [5, 5.41) is 5.35. The minimum atomic E-state index is -0.109. The lowest BCUT2D eigenvalue weighted by molar-refractivity contribution is -0.122. The first-order valence-electron chi connectivity index (χ1n) is 7.57. The van der Waals surface area contributed by atoms with Crippen molar-refractivity contribution in [3.63, 3.8) is 0 Å². The molecular formula is C17H21N3O3. The lowest BCUT2D eigenvalue weighted by atomic mass is 10.1. The third kappa shape index (κ3) is 5.58. The van der Waals surface area contributed by atoms with Crippen LogP contribution in [-0.2, 0) is 16.0 Å². The molecule has 2 amide bonds. The van der Waals surface area contributed by atoms with Crippen molar-refractivity contribution in [2.75, 3.05) is 13.1 Å². The number of aromatic nitrogens is 1. The van der Waals surface area contributed by atoms with Crippen LogP contribution in [0.25, 0.3) is 11.3 Å². The van der Waals surface area contributed by atoms with Crippen molar-refractivity contribution in [2.24, 2.45) is 0 Å². The molecule has 2 N–H and O–H groups in total. The Morgan fingerprint density at radius 1 is 1.13 bits per heavy atom. The Hall–Kier alpha value is -2.63. The molecule has 6 heteroatoms. The van der Waals surface area contributed by atoms with Gasteiger partial charge in [0.25, 0.3) is 0 Å². The van der Waals surface area contributed by atoms with Gasteiger partial charge in [-0.2, -0.15) is 0 Å². The van der Waals surface area contributed by atoms with E-state index in [9.17, 15) is 9.59 Å². The van der Waals surface area contributed by atoms with Gasteiger partial charge in [0.2, 0.25) is 11.8 Å². The van der Waals surface area contributed by atoms with Crippen LogP contribution in [-0.4, -0.2) is 29.9 Å². The summed E-state index contributed by atoms with van der Waals surface area (Å²) in [6.45, 7) is 4.31. The third-order valence-corrected chi connectivity index (χ3v) is 3.28. The van der Waals surface area contributed by atoms with Crippen molar-refractivity contribution in [1.29, 1.82) is 0 Å². The van der Waals surface area contributed by atoms with Crippen molar-refractivity contribution < 1.29 is 14.0 Å². The summed E-state index contributed by atoms with van der Waals surface area (Å²) in [6, 6.07) is 7.99. The van der Waals surface area contributed by atoms with E-state index in [0.29, 0.717) is 37.6 Å². The molecule has 0 unspecified atom stereocenters. The minimum Gasteiger partial charge on any atom is -0.441 e. The first-order chi connectivity index (χ1) is 11.0. The number of hydrogen-bond acceptors (Lipinski definition) is 4. The maximum Gasteiger partial charge on any atom is 0.220 e. The van der Waals surface area contributed by atoms with E-state index in [1.807, 2.05) is 31.2 Å². The summed E-state index contributed by atoms with van der Waals surface area (Å²) in [6.07, 6.45) is 2.42. The summed E-state index contributed by atoms with van der Waals surface area (Å²) in [5.41, 5.74) is 2.15. The second-order valence-corrected chi connectivity index (χ2v) is 5.32. The minimum absolute atomic E-state index is 0.0922. The SMILES string of the molecule is CC(=O)NCCNC(=O)CCc1ncc(-c2ccc(C)cc2)o1. The summed E-state index contributed by atoms with van der Waals surface area (Å²) in [7, 11) is 0. The number of hydrogen-bond donors (Lipinski definition) is 2. The van der Waals surface area contributed by atoms with Crippen LogP contribution in [0.4, 0.5) is 0 Å². The van der Waals surface area contributed by atoms with Crippen LogP contribution in [0, 0.1) is 6.92 Å². The molecule has 0 saturated carbocycles. The zero-order valence-corrected chi connectivity index (χ0v) is 13.4. The highest BCUT2D eigenvalue weighted by atomic mass is 16.4. The molecular weight excluding hydrogens is 294 g/mol. The average Bonchev–Trinajstić information content (AvgIpc) is 2.99. The molecule has 2 rings (SSSR count). The molecule has 0 fully saturated rings. The molecule has 23 heavy (non-hydrogen) atoms. The fraction of sp³-hybridized carbons (Fsp3) is 0.353. The monoisotopic (exact) mass is 315 g/mol. The topological polar surface area (TPSA) is 84.2 Å². The molecule has 0 spiro atoms. The Bertz CT molecular complexity index is 662. The van der Waals surface area contributed by atoms with Crippen LogP contribution in [0.5, 0.6) is 0 Å². The molecule has 0 saturated heterocycles. The summed E-state index contributed by atoms with van der Waals surface area (Å²) in [4.78, 5) is 26.6. The highest BCUT2D eigenvalue weighted by Gasteiger charge is 2.08. The number of carbonyl (C=O) groups is 2. The molecule has 1 aromatic heterocycles. The van der Waals surface area contributed by atoms with E-state index in [2.05, 4.69) is 15.6 Å². The molecule has 122 valence electrons. The lowest BCUT2D eigenvalue weighted by Gasteiger charge is -2.04. The van der Waals surface area contributed by atoms with Crippen molar-refractivity contribution in [3.8, 4) is 11.3 Å². The Morgan fingerprint density at radius 2 is 1.83 bits per heavy atom. The standard InChI is InChI=1S/C17H21N3O3/c1-12-3-5-14(6-4-12)15-11-20-17(23-15)8-7-16(22)19-10-9-18-13(2)21/h3-6,11H,7-10H2,1-2H3,(H,18,21)(H,19,22). The number of amides is 2. The van der Waals surface area contributed by atoms with Crippen LogP contribution in [0.3, 0.4) is 0 Å². The van der Waals surface area contributed by atoms with E-state index in [1.165, 1.54) is 12.5 Å². The fourth-order valence-corrected chi connectivity index (χ4v) is 2.03. The number of aryl methyl sites for hydroxylation is 2. The van der Waals surface area contributed by atoms with Crippen LogP contribution in [0.2, 0.25) is 0 Å². The van der Waals surface area contributed by atoms with Gasteiger partial charge in [0, 0.05) is 38.4 Å². The van der Waals surface area contributed by atoms with Gasteiger partial charge in [-0.05, 0) is 6.92 Å². The molecule has 0 aliphatic rings. The van der Waals surface area contributed by atoms with Gasteiger partial charge in [0.15, 0.2) is 11.7 Å². The molecule has 1 aromatic carbocycles. The van der Waals surface area contributed by atoms with E-state index in [-0.39, 0.29) is 11.8 Å². The van der Waals surface area contributed by atoms with Gasteiger partial charge >= 0.3 is 0 Å². The largest absolute Gasteiger partial charge is 0.441 e. The molecule has 0 bridgehead atoms. The first-order valence-corrected chi connectivity index (χ1v) is 7.57. The maximum absolute atomic E-state index is 11.7. The number of carbonyl (C=O) groups excluding carboxylic acids is 2. The van der Waals surface area contributed by atoms with Gasteiger partial charge in [0.05, 0.1) is 6.20 Å². The molecule has 0 radical (unpaired) electrons. The third-order valence-electron chi connectivity index (χ3n) is 3.28. The molecule has 0 aliphatic heterocycles. The van der Waals surface area contributed by atoms with E-state index < -0.39 is 0 Å². The number of benzene rings is 1. The predicted molar refractivity (Wildman–Crippen MR) is 86.7 cm³/mol. The molecule has 6 nitrogen and oxygen atoms in total.